The van der Waals surface area contributed by atoms with Crippen molar-refractivity contribution in [3.8, 4) is 11.4 Å². The molecule has 3 aromatic rings. The largest absolute Gasteiger partial charge is 0.325 e. The van der Waals surface area contributed by atoms with Crippen LogP contribution in [0.1, 0.15) is 24.5 Å². The van der Waals surface area contributed by atoms with Gasteiger partial charge in [-0.3, -0.25) is 4.79 Å². The summed E-state index contributed by atoms with van der Waals surface area (Å²) in [4.78, 5) is 12.6. The molecule has 0 fully saturated rings. The molecule has 0 spiro atoms. The summed E-state index contributed by atoms with van der Waals surface area (Å²) in [6, 6.07) is 12.6. The Morgan fingerprint density at radius 2 is 1.96 bits per heavy atom. The van der Waals surface area contributed by atoms with Crippen LogP contribution in [0.4, 0.5) is 10.1 Å². The second-order valence-electron chi connectivity index (χ2n) is 6.93. The monoisotopic (exact) mass is 396 g/mol. The highest BCUT2D eigenvalue weighted by Crippen LogP contribution is 2.28. The van der Waals surface area contributed by atoms with E-state index in [0.29, 0.717) is 16.5 Å². The number of halogens is 1. The Kier molecular flexibility index (Phi) is 5.17. The molecular weight excluding hydrogens is 375 g/mol. The van der Waals surface area contributed by atoms with Gasteiger partial charge in [0.15, 0.2) is 11.0 Å². The molecule has 1 aliphatic carbocycles. The summed E-state index contributed by atoms with van der Waals surface area (Å²) in [5.41, 5.74) is 3.91. The maximum absolute atomic E-state index is 14.0. The molecule has 1 N–H and O–H groups in total. The summed E-state index contributed by atoms with van der Waals surface area (Å²) < 4.78 is 15.8. The van der Waals surface area contributed by atoms with Gasteiger partial charge in [0.25, 0.3) is 0 Å². The van der Waals surface area contributed by atoms with E-state index in [9.17, 15) is 9.18 Å². The molecule has 0 saturated heterocycles. The van der Waals surface area contributed by atoms with E-state index < -0.39 is 0 Å². The number of nitrogens with zero attached hydrogens (tertiary/aromatic N) is 3. The Labute approximate surface area is 167 Å². The van der Waals surface area contributed by atoms with Crippen LogP contribution in [0, 0.1) is 5.82 Å². The van der Waals surface area contributed by atoms with Crippen molar-refractivity contribution in [1.29, 1.82) is 0 Å². The first-order valence-corrected chi connectivity index (χ1v) is 10.1. The van der Waals surface area contributed by atoms with Crippen LogP contribution in [0.2, 0.25) is 0 Å². The van der Waals surface area contributed by atoms with Crippen molar-refractivity contribution < 1.29 is 9.18 Å². The lowest BCUT2D eigenvalue weighted by molar-refractivity contribution is -0.115. The number of hydrogen-bond acceptors (Lipinski definition) is 4. The zero-order valence-corrected chi connectivity index (χ0v) is 16.6. The topological polar surface area (TPSA) is 59.8 Å². The number of anilines is 1. The van der Waals surface area contributed by atoms with Crippen molar-refractivity contribution >= 4 is 23.4 Å². The summed E-state index contributed by atoms with van der Waals surface area (Å²) in [5.74, 6) is -0.0119. The van der Waals surface area contributed by atoms with Crippen LogP contribution in [0.3, 0.4) is 0 Å². The molecule has 1 aromatic heterocycles. The highest BCUT2D eigenvalue weighted by molar-refractivity contribution is 8.00. The number of benzene rings is 2. The van der Waals surface area contributed by atoms with Crippen molar-refractivity contribution in [3.05, 3.63) is 59.4 Å². The van der Waals surface area contributed by atoms with Crippen LogP contribution in [-0.2, 0) is 24.7 Å². The van der Waals surface area contributed by atoms with Crippen LogP contribution in [-0.4, -0.2) is 25.9 Å². The zero-order valence-electron chi connectivity index (χ0n) is 15.8. The summed E-state index contributed by atoms with van der Waals surface area (Å²) in [6.45, 7) is 1.82. The number of hydrogen-bond donors (Lipinski definition) is 1. The smallest absolute Gasteiger partial charge is 0.237 e. The fourth-order valence-corrected chi connectivity index (χ4v) is 4.21. The van der Waals surface area contributed by atoms with Crippen molar-refractivity contribution in [2.45, 2.75) is 36.6 Å². The van der Waals surface area contributed by atoms with Crippen LogP contribution in [0.15, 0.2) is 47.6 Å². The summed E-state index contributed by atoms with van der Waals surface area (Å²) >= 11 is 1.30. The minimum Gasteiger partial charge on any atom is -0.325 e. The number of rotatable bonds is 5. The predicted octanol–water partition coefficient (Wildman–Crippen LogP) is 4.23. The third kappa shape index (κ3) is 3.67. The molecule has 0 radical (unpaired) electrons. The Balaban J connectivity index is 1.46. The number of nitrogens with one attached hydrogen (secondary N) is 1. The molecule has 0 unspecified atom stereocenters. The van der Waals surface area contributed by atoms with Crippen LogP contribution < -0.4 is 5.32 Å². The predicted molar refractivity (Wildman–Crippen MR) is 109 cm³/mol. The van der Waals surface area contributed by atoms with E-state index in [4.69, 9.17) is 0 Å². The molecule has 5 nitrogen and oxygen atoms in total. The fraction of sp³-hybridized carbons (Fsp3) is 0.286. The SMILES string of the molecule is C[C@@H](Sc1nnc(-c2ccccc2F)n1C)C(=O)Nc1ccc2c(c1)CCC2. The van der Waals surface area contributed by atoms with Gasteiger partial charge in [-0.2, -0.15) is 0 Å². The number of thioether (sulfide) groups is 1. The van der Waals surface area contributed by atoms with E-state index in [1.807, 2.05) is 13.0 Å². The molecule has 28 heavy (non-hydrogen) atoms. The van der Waals surface area contributed by atoms with Gasteiger partial charge in [-0.15, -0.1) is 10.2 Å². The number of carbonyl (C=O) groups is 1. The standard InChI is InChI=1S/C21H21FN4OS/c1-13(20(27)23-16-11-10-14-6-5-7-15(14)12-16)28-21-25-24-19(26(21)2)17-8-3-4-9-18(17)22/h3-4,8-13H,5-7H2,1-2H3,(H,23,27)/t13-/m1/s1. The van der Waals surface area contributed by atoms with Crippen LogP contribution in [0.5, 0.6) is 0 Å². The van der Waals surface area contributed by atoms with E-state index in [-0.39, 0.29) is 17.0 Å². The fourth-order valence-electron chi connectivity index (χ4n) is 3.40. The van der Waals surface area contributed by atoms with Gasteiger partial charge in [0, 0.05) is 12.7 Å². The third-order valence-corrected chi connectivity index (χ3v) is 6.10. The minimum atomic E-state index is -0.371. The Bertz CT molecular complexity index is 1030. The average Bonchev–Trinajstić information content (AvgIpc) is 3.29. The maximum atomic E-state index is 14.0. The second kappa shape index (κ2) is 7.75. The molecule has 1 aliphatic rings. The lowest BCUT2D eigenvalue weighted by Gasteiger charge is -2.12. The lowest BCUT2D eigenvalue weighted by atomic mass is 10.1. The zero-order chi connectivity index (χ0) is 19.7. The van der Waals surface area contributed by atoms with E-state index >= 15 is 0 Å². The number of amides is 1. The number of fused-ring (bicyclic) bond motifs is 1. The first-order valence-electron chi connectivity index (χ1n) is 9.26. The first-order chi connectivity index (χ1) is 13.5. The van der Waals surface area contributed by atoms with Crippen LogP contribution >= 0.6 is 11.8 Å². The van der Waals surface area contributed by atoms with E-state index in [1.54, 1.807) is 29.8 Å². The Morgan fingerprint density at radius 1 is 1.18 bits per heavy atom. The third-order valence-electron chi connectivity index (χ3n) is 4.97. The molecule has 1 amide bonds. The van der Waals surface area contributed by atoms with Crippen molar-refractivity contribution in [3.63, 3.8) is 0 Å². The van der Waals surface area contributed by atoms with Gasteiger partial charge < -0.3 is 9.88 Å². The molecule has 7 heteroatoms. The normalized spacial score (nSPS) is 14.0. The van der Waals surface area contributed by atoms with Gasteiger partial charge in [0.05, 0.1) is 10.8 Å². The molecule has 0 bridgehead atoms. The Hall–Kier alpha value is -2.67. The van der Waals surface area contributed by atoms with E-state index in [0.717, 1.165) is 18.5 Å². The molecular formula is C21H21FN4OS. The first kappa shape index (κ1) is 18.7. The molecule has 144 valence electrons. The van der Waals surface area contributed by atoms with Gasteiger partial charge in [0.1, 0.15) is 5.82 Å². The van der Waals surface area contributed by atoms with Gasteiger partial charge in [-0.1, -0.05) is 30.0 Å². The number of aromatic nitrogens is 3. The van der Waals surface area contributed by atoms with Gasteiger partial charge in [0.2, 0.25) is 5.91 Å². The average molecular weight is 396 g/mol. The number of aryl methyl sites for hydroxylation is 2. The molecule has 1 heterocycles. The molecule has 1 atom stereocenters. The van der Waals surface area contributed by atoms with Crippen molar-refractivity contribution in [1.82, 2.24) is 14.8 Å². The Morgan fingerprint density at radius 3 is 2.79 bits per heavy atom. The maximum Gasteiger partial charge on any atom is 0.237 e. The van der Waals surface area contributed by atoms with Crippen molar-refractivity contribution in [2.24, 2.45) is 7.05 Å². The van der Waals surface area contributed by atoms with E-state index in [2.05, 4.69) is 27.6 Å². The molecule has 4 rings (SSSR count). The van der Waals surface area contributed by atoms with Crippen LogP contribution in [0.25, 0.3) is 11.4 Å². The summed E-state index contributed by atoms with van der Waals surface area (Å²) in [5, 5.41) is 11.4. The minimum absolute atomic E-state index is 0.0987. The highest BCUT2D eigenvalue weighted by Gasteiger charge is 2.21. The second-order valence-corrected chi connectivity index (χ2v) is 8.24. The van der Waals surface area contributed by atoms with Crippen molar-refractivity contribution in [2.75, 3.05) is 5.32 Å². The highest BCUT2D eigenvalue weighted by atomic mass is 32.2. The van der Waals surface area contributed by atoms with E-state index in [1.165, 1.54) is 35.4 Å². The molecule has 2 aromatic carbocycles. The van der Waals surface area contributed by atoms with Gasteiger partial charge in [-0.05, 0) is 61.6 Å². The quantitative estimate of drug-likeness (QED) is 0.656. The number of carbonyl (C=O) groups excluding carboxylic acids is 1. The summed E-state index contributed by atoms with van der Waals surface area (Å²) in [6.07, 6.45) is 3.36. The lowest BCUT2D eigenvalue weighted by Crippen LogP contribution is -2.23. The van der Waals surface area contributed by atoms with Gasteiger partial charge in [-0.25, -0.2) is 4.39 Å². The van der Waals surface area contributed by atoms with Gasteiger partial charge >= 0.3 is 0 Å². The molecule has 0 aliphatic heterocycles. The molecule has 0 saturated carbocycles. The summed E-state index contributed by atoms with van der Waals surface area (Å²) in [7, 11) is 1.77.